The van der Waals surface area contributed by atoms with Crippen LogP contribution in [-0.2, 0) is 0 Å². The highest BCUT2D eigenvalue weighted by atomic mass is 35.5. The maximum atomic E-state index is 13.8. The molecule has 5 heteroatoms. The number of amides is 1. The van der Waals surface area contributed by atoms with Crippen molar-refractivity contribution in [2.45, 2.75) is 16.7 Å². The van der Waals surface area contributed by atoms with Gasteiger partial charge in [-0.3, -0.25) is 4.79 Å². The van der Waals surface area contributed by atoms with Crippen molar-refractivity contribution in [2.75, 3.05) is 6.54 Å². The number of rotatable bonds is 4. The molecule has 2 nitrogen and oxygen atoms in total. The molecule has 104 valence electrons. The van der Waals surface area contributed by atoms with E-state index in [2.05, 4.69) is 5.32 Å². The molecule has 1 N–H and O–H groups in total. The fraction of sp³-hybridized carbons (Fsp3) is 0.133. The van der Waals surface area contributed by atoms with Gasteiger partial charge in [0.15, 0.2) is 5.82 Å². The third-order valence-corrected chi connectivity index (χ3v) is 3.93. The molecular formula is C15H13ClFNOS. The topological polar surface area (TPSA) is 29.1 Å². The smallest absolute Gasteiger partial charge is 0.251 e. The molecule has 0 atom stereocenters. The highest BCUT2D eigenvalue weighted by molar-refractivity contribution is 7.99. The lowest BCUT2D eigenvalue weighted by molar-refractivity contribution is 0.0956. The van der Waals surface area contributed by atoms with Gasteiger partial charge in [-0.2, -0.15) is 0 Å². The normalized spacial score (nSPS) is 10.3. The highest BCUT2D eigenvalue weighted by Gasteiger charge is 2.09. The second kappa shape index (κ2) is 6.77. The molecule has 0 aliphatic heterocycles. The summed E-state index contributed by atoms with van der Waals surface area (Å²) >= 11 is 7.01. The fourth-order valence-electron chi connectivity index (χ4n) is 1.63. The predicted octanol–water partition coefficient (Wildman–Crippen LogP) is 4.38. The molecule has 2 aromatic carbocycles. The van der Waals surface area contributed by atoms with Crippen LogP contribution in [0, 0.1) is 5.82 Å². The van der Waals surface area contributed by atoms with Crippen molar-refractivity contribution >= 4 is 29.3 Å². The third-order valence-electron chi connectivity index (χ3n) is 2.60. The molecule has 2 aromatic rings. The molecular weight excluding hydrogens is 297 g/mol. The monoisotopic (exact) mass is 309 g/mol. The van der Waals surface area contributed by atoms with Gasteiger partial charge in [0, 0.05) is 21.9 Å². The summed E-state index contributed by atoms with van der Waals surface area (Å²) < 4.78 is 13.8. The lowest BCUT2D eigenvalue weighted by Crippen LogP contribution is -2.22. The summed E-state index contributed by atoms with van der Waals surface area (Å²) in [6.07, 6.45) is 0. The number of carbonyl (C=O) groups excluding carboxylic acids is 1. The zero-order valence-corrected chi connectivity index (χ0v) is 12.4. The van der Waals surface area contributed by atoms with E-state index in [0.717, 1.165) is 4.90 Å². The quantitative estimate of drug-likeness (QED) is 0.908. The van der Waals surface area contributed by atoms with Crippen LogP contribution in [0.2, 0.25) is 5.02 Å². The summed E-state index contributed by atoms with van der Waals surface area (Å²) in [4.78, 5) is 12.9. The van der Waals surface area contributed by atoms with Gasteiger partial charge >= 0.3 is 0 Å². The molecule has 1 amide bonds. The summed E-state index contributed by atoms with van der Waals surface area (Å²) in [6, 6.07) is 11.9. The summed E-state index contributed by atoms with van der Waals surface area (Å²) in [5, 5.41) is 2.83. The van der Waals surface area contributed by atoms with E-state index in [1.807, 2.05) is 6.92 Å². The Morgan fingerprint density at radius 3 is 2.60 bits per heavy atom. The summed E-state index contributed by atoms with van der Waals surface area (Å²) in [6.45, 7) is 2.45. The zero-order valence-electron chi connectivity index (χ0n) is 10.8. The second-order valence-electron chi connectivity index (χ2n) is 4.04. The van der Waals surface area contributed by atoms with Crippen molar-refractivity contribution in [3.05, 3.63) is 58.9 Å². The van der Waals surface area contributed by atoms with Gasteiger partial charge in [-0.15, -0.1) is 0 Å². The minimum atomic E-state index is -0.424. The average Bonchev–Trinajstić information content (AvgIpc) is 2.45. The lowest BCUT2D eigenvalue weighted by atomic mass is 10.2. The number of halogens is 2. The van der Waals surface area contributed by atoms with Crippen LogP contribution in [0.4, 0.5) is 4.39 Å². The van der Waals surface area contributed by atoms with Crippen molar-refractivity contribution in [2.24, 2.45) is 0 Å². The van der Waals surface area contributed by atoms with Gasteiger partial charge in [0.05, 0.1) is 5.02 Å². The second-order valence-corrected chi connectivity index (χ2v) is 5.56. The summed E-state index contributed by atoms with van der Waals surface area (Å²) in [5.41, 5.74) is 0.586. The van der Waals surface area contributed by atoms with Gasteiger partial charge in [0.25, 0.3) is 5.91 Å². The van der Waals surface area contributed by atoms with E-state index in [-0.39, 0.29) is 10.9 Å². The molecule has 0 aromatic heterocycles. The Morgan fingerprint density at radius 1 is 1.25 bits per heavy atom. The van der Waals surface area contributed by atoms with Crippen molar-refractivity contribution in [3.63, 3.8) is 0 Å². The molecule has 0 fully saturated rings. The van der Waals surface area contributed by atoms with E-state index in [4.69, 9.17) is 11.6 Å². The molecule has 0 heterocycles. The molecule has 0 aliphatic rings. The Morgan fingerprint density at radius 2 is 1.95 bits per heavy atom. The van der Waals surface area contributed by atoms with Gasteiger partial charge in [-0.25, -0.2) is 4.39 Å². The molecule has 0 unspecified atom stereocenters. The molecule has 0 spiro atoms. The zero-order chi connectivity index (χ0) is 14.5. The van der Waals surface area contributed by atoms with E-state index in [1.165, 1.54) is 17.8 Å². The molecule has 0 saturated heterocycles. The highest BCUT2D eigenvalue weighted by Crippen LogP contribution is 2.32. The Bertz CT molecular complexity index is 616. The van der Waals surface area contributed by atoms with E-state index in [9.17, 15) is 9.18 Å². The number of hydrogen-bond donors (Lipinski definition) is 1. The van der Waals surface area contributed by atoms with Gasteiger partial charge in [-0.05, 0) is 43.3 Å². The first kappa shape index (κ1) is 14.9. The number of hydrogen-bond acceptors (Lipinski definition) is 2. The van der Waals surface area contributed by atoms with Crippen molar-refractivity contribution in [3.8, 4) is 0 Å². The maximum absolute atomic E-state index is 13.8. The van der Waals surface area contributed by atoms with E-state index in [1.54, 1.807) is 36.4 Å². The molecule has 0 radical (unpaired) electrons. The molecule has 0 bridgehead atoms. The van der Waals surface area contributed by atoms with Gasteiger partial charge in [0.2, 0.25) is 0 Å². The van der Waals surface area contributed by atoms with Crippen LogP contribution in [0.3, 0.4) is 0 Å². The Balaban J connectivity index is 2.15. The van der Waals surface area contributed by atoms with Crippen molar-refractivity contribution < 1.29 is 9.18 Å². The lowest BCUT2D eigenvalue weighted by Gasteiger charge is -2.06. The van der Waals surface area contributed by atoms with Gasteiger partial charge in [-0.1, -0.05) is 29.4 Å². The predicted molar refractivity (Wildman–Crippen MR) is 80.0 cm³/mol. The largest absolute Gasteiger partial charge is 0.352 e. The van der Waals surface area contributed by atoms with Crippen LogP contribution in [0.5, 0.6) is 0 Å². The Hall–Kier alpha value is -1.52. The fourth-order valence-corrected chi connectivity index (χ4v) is 2.73. The summed E-state index contributed by atoms with van der Waals surface area (Å²) in [7, 11) is 0. The summed E-state index contributed by atoms with van der Waals surface area (Å²) in [5.74, 6) is -0.537. The molecule has 2 rings (SSSR count). The van der Waals surface area contributed by atoms with E-state index < -0.39 is 5.82 Å². The Kier molecular flexibility index (Phi) is 5.04. The first-order valence-electron chi connectivity index (χ1n) is 6.12. The van der Waals surface area contributed by atoms with Gasteiger partial charge < -0.3 is 5.32 Å². The molecule has 20 heavy (non-hydrogen) atoms. The standard InChI is InChI=1S/C15H13ClFNOS/c1-2-18-15(19)10-6-8-11(9-7-10)20-13-5-3-4-12(16)14(13)17/h3-9H,2H2,1H3,(H,18,19). The molecule has 0 saturated carbocycles. The van der Waals surface area contributed by atoms with Crippen molar-refractivity contribution in [1.82, 2.24) is 5.32 Å². The Labute approximate surface area is 126 Å². The number of benzene rings is 2. The van der Waals surface area contributed by atoms with Crippen LogP contribution in [0.25, 0.3) is 0 Å². The SMILES string of the molecule is CCNC(=O)c1ccc(Sc2cccc(Cl)c2F)cc1. The first-order valence-corrected chi connectivity index (χ1v) is 7.31. The van der Waals surface area contributed by atoms with Crippen LogP contribution in [0.1, 0.15) is 17.3 Å². The number of carbonyl (C=O) groups is 1. The third kappa shape index (κ3) is 3.52. The molecule has 0 aliphatic carbocycles. The van der Waals surface area contributed by atoms with Crippen molar-refractivity contribution in [1.29, 1.82) is 0 Å². The number of nitrogens with one attached hydrogen (secondary N) is 1. The minimum Gasteiger partial charge on any atom is -0.352 e. The maximum Gasteiger partial charge on any atom is 0.251 e. The van der Waals surface area contributed by atoms with Crippen LogP contribution in [0.15, 0.2) is 52.3 Å². The average molecular weight is 310 g/mol. The van der Waals surface area contributed by atoms with Crippen LogP contribution >= 0.6 is 23.4 Å². The van der Waals surface area contributed by atoms with E-state index >= 15 is 0 Å². The van der Waals surface area contributed by atoms with Crippen LogP contribution < -0.4 is 5.32 Å². The minimum absolute atomic E-state index is 0.106. The van der Waals surface area contributed by atoms with Gasteiger partial charge in [0.1, 0.15) is 0 Å². The first-order chi connectivity index (χ1) is 9.61. The van der Waals surface area contributed by atoms with E-state index in [0.29, 0.717) is 17.0 Å². The van der Waals surface area contributed by atoms with Crippen LogP contribution in [-0.4, -0.2) is 12.5 Å².